The van der Waals surface area contributed by atoms with Gasteiger partial charge >= 0.3 is 0 Å². The van der Waals surface area contributed by atoms with E-state index in [4.69, 9.17) is 9.47 Å². The largest absolute Gasteiger partial charge is 0.493 e. The summed E-state index contributed by atoms with van der Waals surface area (Å²) in [5.41, 5.74) is 2.86. The first-order valence-corrected chi connectivity index (χ1v) is 10.5. The zero-order chi connectivity index (χ0) is 21.5. The second-order valence-electron chi connectivity index (χ2n) is 7.08. The molecule has 0 saturated carbocycles. The minimum atomic E-state index is -0.0399. The number of carbonyl (C=O) groups is 1. The Kier molecular flexibility index (Phi) is 7.43. The number of nitrogens with zero attached hydrogens (tertiary/aromatic N) is 2. The standard InChI is InChI=1S/C23H27N3O3S/c1-26(2)19(16-8-6-5-7-9-16)14-24-22(27)13-18-15-30-23(25-18)17-10-11-20(28-3)21(12-17)29-4/h5-12,15,19H,13-14H2,1-4H3,(H,24,27). The van der Waals surface area contributed by atoms with Crippen molar-refractivity contribution in [2.24, 2.45) is 0 Å². The van der Waals surface area contributed by atoms with Gasteiger partial charge in [-0.1, -0.05) is 30.3 Å². The normalized spacial score (nSPS) is 11.9. The summed E-state index contributed by atoms with van der Waals surface area (Å²) >= 11 is 1.51. The Bertz CT molecular complexity index is 973. The number of methoxy groups -OCH3 is 2. The van der Waals surface area contributed by atoms with Crippen molar-refractivity contribution >= 4 is 17.2 Å². The van der Waals surface area contributed by atoms with E-state index >= 15 is 0 Å². The van der Waals surface area contributed by atoms with Gasteiger partial charge in [0.05, 0.1) is 32.4 Å². The molecule has 0 fully saturated rings. The number of carbonyl (C=O) groups excluding carboxylic acids is 1. The van der Waals surface area contributed by atoms with Crippen molar-refractivity contribution in [2.45, 2.75) is 12.5 Å². The molecule has 0 aliphatic carbocycles. The lowest BCUT2D eigenvalue weighted by atomic mass is 10.1. The summed E-state index contributed by atoms with van der Waals surface area (Å²) in [5.74, 6) is 1.29. The van der Waals surface area contributed by atoms with Gasteiger partial charge < -0.3 is 19.7 Å². The van der Waals surface area contributed by atoms with E-state index in [0.29, 0.717) is 18.0 Å². The highest BCUT2D eigenvalue weighted by Gasteiger charge is 2.16. The van der Waals surface area contributed by atoms with E-state index in [1.807, 2.05) is 55.9 Å². The molecule has 3 aromatic rings. The van der Waals surface area contributed by atoms with E-state index in [1.54, 1.807) is 14.2 Å². The Labute approximate surface area is 181 Å². The van der Waals surface area contributed by atoms with E-state index in [9.17, 15) is 4.79 Å². The highest BCUT2D eigenvalue weighted by Crippen LogP contribution is 2.33. The molecule has 0 aliphatic rings. The molecule has 0 spiro atoms. The third-order valence-corrected chi connectivity index (χ3v) is 5.76. The first-order valence-electron chi connectivity index (χ1n) is 9.66. The molecule has 158 valence electrons. The third kappa shape index (κ3) is 5.37. The minimum Gasteiger partial charge on any atom is -0.493 e. The van der Waals surface area contributed by atoms with E-state index in [1.165, 1.54) is 16.9 Å². The van der Waals surface area contributed by atoms with Gasteiger partial charge in [0.15, 0.2) is 11.5 Å². The van der Waals surface area contributed by atoms with E-state index < -0.39 is 0 Å². The second-order valence-corrected chi connectivity index (χ2v) is 7.94. The zero-order valence-corrected chi connectivity index (χ0v) is 18.5. The number of aromatic nitrogens is 1. The number of hydrogen-bond donors (Lipinski definition) is 1. The van der Waals surface area contributed by atoms with Gasteiger partial charge in [-0.3, -0.25) is 4.79 Å². The average Bonchev–Trinajstić information content (AvgIpc) is 3.22. The van der Waals surface area contributed by atoms with Gasteiger partial charge in [-0.15, -0.1) is 11.3 Å². The van der Waals surface area contributed by atoms with Crippen LogP contribution in [-0.2, 0) is 11.2 Å². The van der Waals surface area contributed by atoms with E-state index in [-0.39, 0.29) is 18.4 Å². The van der Waals surface area contributed by atoms with Crippen LogP contribution in [0.1, 0.15) is 17.3 Å². The lowest BCUT2D eigenvalue weighted by Gasteiger charge is -2.25. The van der Waals surface area contributed by atoms with Crippen LogP contribution in [0.15, 0.2) is 53.9 Å². The van der Waals surface area contributed by atoms with Crippen molar-refractivity contribution in [3.8, 4) is 22.1 Å². The molecule has 0 radical (unpaired) electrons. The van der Waals surface area contributed by atoms with Gasteiger partial charge in [0.1, 0.15) is 5.01 Å². The molecule has 1 N–H and O–H groups in total. The van der Waals surface area contributed by atoms with Crippen LogP contribution >= 0.6 is 11.3 Å². The van der Waals surface area contributed by atoms with Crippen molar-refractivity contribution in [1.82, 2.24) is 15.2 Å². The number of hydrogen-bond acceptors (Lipinski definition) is 6. The third-order valence-electron chi connectivity index (χ3n) is 4.82. The number of benzene rings is 2. The fourth-order valence-corrected chi connectivity index (χ4v) is 4.02. The molecule has 6 nitrogen and oxygen atoms in total. The fourth-order valence-electron chi connectivity index (χ4n) is 3.20. The number of rotatable bonds is 9. The van der Waals surface area contributed by atoms with Gasteiger partial charge in [0, 0.05) is 17.5 Å². The summed E-state index contributed by atoms with van der Waals surface area (Å²) in [6.07, 6.45) is 0.249. The molecule has 0 saturated heterocycles. The first kappa shape index (κ1) is 21.8. The molecule has 2 aromatic carbocycles. The Morgan fingerprint density at radius 2 is 1.83 bits per heavy atom. The quantitative estimate of drug-likeness (QED) is 0.565. The zero-order valence-electron chi connectivity index (χ0n) is 17.7. The molecule has 0 aliphatic heterocycles. The second kappa shape index (κ2) is 10.2. The van der Waals surface area contributed by atoms with Gasteiger partial charge in [-0.05, 0) is 37.9 Å². The van der Waals surface area contributed by atoms with Crippen molar-refractivity contribution in [2.75, 3.05) is 34.9 Å². The molecule has 30 heavy (non-hydrogen) atoms. The SMILES string of the molecule is COc1ccc(-c2nc(CC(=O)NCC(c3ccccc3)N(C)C)cs2)cc1OC. The van der Waals surface area contributed by atoms with Crippen molar-refractivity contribution in [1.29, 1.82) is 0 Å². The molecule has 3 rings (SSSR count). The fraction of sp³-hybridized carbons (Fsp3) is 0.304. The lowest BCUT2D eigenvalue weighted by molar-refractivity contribution is -0.120. The van der Waals surface area contributed by atoms with E-state index in [0.717, 1.165) is 16.3 Å². The molecule has 1 heterocycles. The Morgan fingerprint density at radius 3 is 2.50 bits per heavy atom. The molecule has 0 bridgehead atoms. The maximum Gasteiger partial charge on any atom is 0.226 e. The van der Waals surface area contributed by atoms with Crippen LogP contribution in [0.3, 0.4) is 0 Å². The monoisotopic (exact) mass is 425 g/mol. The summed E-state index contributed by atoms with van der Waals surface area (Å²) in [5, 5.41) is 5.81. The van der Waals surface area contributed by atoms with Gasteiger partial charge in [-0.2, -0.15) is 0 Å². The Morgan fingerprint density at radius 1 is 1.10 bits per heavy atom. The Balaban J connectivity index is 1.62. The molecular weight excluding hydrogens is 398 g/mol. The predicted molar refractivity (Wildman–Crippen MR) is 120 cm³/mol. The van der Waals surface area contributed by atoms with Crippen LogP contribution < -0.4 is 14.8 Å². The number of amides is 1. The van der Waals surface area contributed by atoms with Crippen LogP contribution in [-0.4, -0.2) is 50.7 Å². The first-order chi connectivity index (χ1) is 14.5. The number of thiazole rings is 1. The van der Waals surface area contributed by atoms with Crippen molar-refractivity contribution < 1.29 is 14.3 Å². The summed E-state index contributed by atoms with van der Waals surface area (Å²) in [4.78, 5) is 19.2. The Hall–Kier alpha value is -2.90. The topological polar surface area (TPSA) is 63.7 Å². The van der Waals surface area contributed by atoms with Crippen LogP contribution in [0.25, 0.3) is 10.6 Å². The number of nitrogens with one attached hydrogen (secondary N) is 1. The highest BCUT2D eigenvalue weighted by molar-refractivity contribution is 7.13. The number of ether oxygens (including phenoxy) is 2. The molecule has 1 amide bonds. The summed E-state index contributed by atoms with van der Waals surface area (Å²) in [7, 11) is 7.24. The van der Waals surface area contributed by atoms with Crippen LogP contribution in [0.2, 0.25) is 0 Å². The van der Waals surface area contributed by atoms with Crippen LogP contribution in [0.4, 0.5) is 0 Å². The smallest absolute Gasteiger partial charge is 0.226 e. The lowest BCUT2D eigenvalue weighted by Crippen LogP contribution is -2.35. The molecular formula is C23H27N3O3S. The van der Waals surface area contributed by atoms with Gasteiger partial charge in [-0.25, -0.2) is 4.98 Å². The summed E-state index contributed by atoms with van der Waals surface area (Å²) in [6.45, 7) is 0.544. The van der Waals surface area contributed by atoms with Gasteiger partial charge in [0.25, 0.3) is 0 Å². The minimum absolute atomic E-state index is 0.0399. The molecule has 1 unspecified atom stereocenters. The number of likely N-dealkylation sites (N-methyl/N-ethyl adjacent to an activating group) is 1. The molecule has 1 aromatic heterocycles. The van der Waals surface area contributed by atoms with Crippen molar-refractivity contribution in [3.63, 3.8) is 0 Å². The maximum atomic E-state index is 12.5. The van der Waals surface area contributed by atoms with E-state index in [2.05, 4.69) is 27.3 Å². The highest BCUT2D eigenvalue weighted by atomic mass is 32.1. The predicted octanol–water partition coefficient (Wildman–Crippen LogP) is 3.79. The van der Waals surface area contributed by atoms with Gasteiger partial charge in [0.2, 0.25) is 5.91 Å². The summed E-state index contributed by atoms with van der Waals surface area (Å²) < 4.78 is 10.6. The van der Waals surface area contributed by atoms with Crippen LogP contribution in [0, 0.1) is 0 Å². The maximum absolute atomic E-state index is 12.5. The van der Waals surface area contributed by atoms with Crippen LogP contribution in [0.5, 0.6) is 11.5 Å². The summed E-state index contributed by atoms with van der Waals surface area (Å²) in [6, 6.07) is 16.0. The average molecular weight is 426 g/mol. The molecule has 7 heteroatoms. The molecule has 1 atom stereocenters. The van der Waals surface area contributed by atoms with Crippen molar-refractivity contribution in [3.05, 3.63) is 65.2 Å².